The number of fused-ring (bicyclic) bond motifs is 1. The Bertz CT molecular complexity index is 2970. The maximum Gasteiger partial charge on any atom is 0.410 e. The lowest BCUT2D eigenvalue weighted by Crippen LogP contribution is -2.54. The van der Waals surface area contributed by atoms with Gasteiger partial charge < -0.3 is 41.6 Å². The van der Waals surface area contributed by atoms with Crippen molar-refractivity contribution in [2.75, 3.05) is 25.0 Å². The lowest BCUT2D eigenvalue weighted by molar-refractivity contribution is -0.137. The minimum absolute atomic E-state index is 0.0752. The van der Waals surface area contributed by atoms with Crippen LogP contribution in [0.3, 0.4) is 0 Å². The summed E-state index contributed by atoms with van der Waals surface area (Å²) in [5, 5.41) is 15.2. The molecule has 7 N–H and O–H groups in total. The number of carbonyl (C=O) groups excluding carboxylic acids is 7. The summed E-state index contributed by atoms with van der Waals surface area (Å²) in [6.45, 7) is 6.27. The van der Waals surface area contributed by atoms with Crippen molar-refractivity contribution in [3.63, 3.8) is 0 Å². The molecule has 0 saturated carbocycles. The van der Waals surface area contributed by atoms with Crippen LogP contribution in [0.2, 0.25) is 0 Å². The molecule has 1 aliphatic rings. The highest BCUT2D eigenvalue weighted by Crippen LogP contribution is 2.30. The summed E-state index contributed by atoms with van der Waals surface area (Å²) in [6.07, 6.45) is 8.76. The lowest BCUT2D eigenvalue weighted by Gasteiger charge is -2.25. The highest BCUT2D eigenvalue weighted by atomic mass is 16.6. The van der Waals surface area contributed by atoms with Crippen LogP contribution in [0.5, 0.6) is 0 Å². The third-order valence-electron chi connectivity index (χ3n) is 12.4. The Hall–Kier alpha value is -8.75. The van der Waals surface area contributed by atoms with E-state index in [4.69, 9.17) is 20.4 Å². The molecule has 0 fully saturated rings. The predicted octanol–water partition coefficient (Wildman–Crippen LogP) is 5.76. The molecule has 0 saturated heterocycles. The van der Waals surface area contributed by atoms with Crippen LogP contribution in [0, 0.1) is 12.8 Å². The third kappa shape index (κ3) is 15.6. The molecule has 21 heteroatoms. The molecule has 0 aliphatic carbocycles. The van der Waals surface area contributed by atoms with Crippen molar-refractivity contribution in [1.82, 2.24) is 55.3 Å². The fourth-order valence-corrected chi connectivity index (χ4v) is 8.43. The van der Waals surface area contributed by atoms with Crippen molar-refractivity contribution in [3.8, 4) is 22.6 Å². The first-order chi connectivity index (χ1) is 36.2. The summed E-state index contributed by atoms with van der Waals surface area (Å²) < 4.78 is 7.59. The van der Waals surface area contributed by atoms with Gasteiger partial charge in [-0.2, -0.15) is 5.10 Å². The molecule has 1 aliphatic heterocycles. The van der Waals surface area contributed by atoms with Crippen LogP contribution in [-0.4, -0.2) is 113 Å². The molecule has 8 amide bonds. The second-order valence-corrected chi connectivity index (χ2v) is 18.6. The normalized spacial score (nSPS) is 12.9. The first-order valence-corrected chi connectivity index (χ1v) is 25.1. The van der Waals surface area contributed by atoms with E-state index >= 15 is 0 Å². The highest BCUT2D eigenvalue weighted by Gasteiger charge is 2.29. The van der Waals surface area contributed by atoms with Gasteiger partial charge in [0.2, 0.25) is 17.7 Å². The Balaban J connectivity index is 0.977. The summed E-state index contributed by atoms with van der Waals surface area (Å²) >= 11 is 0. The van der Waals surface area contributed by atoms with E-state index in [-0.39, 0.29) is 62.7 Å². The summed E-state index contributed by atoms with van der Waals surface area (Å²) in [5.74, 6) is -1.98. The number of pyridine rings is 2. The molecular formula is C54H63N13O8. The molecule has 21 nitrogen and oxygen atoms in total. The zero-order valence-corrected chi connectivity index (χ0v) is 42.3. The summed E-state index contributed by atoms with van der Waals surface area (Å²) in [7, 11) is 0. The minimum Gasteiger partial charge on any atom is -0.445 e. The Labute approximate surface area is 434 Å². The standard InChI is InChI=1S/C54H63N13O8/c1-35(2)48(64-45(68)19-8-5-9-30-66-46(69)26-27-47(66)70)52(72)61-42(18-11-28-56-53(55)73)51(71)60-40-23-20-38(21-24-40)33-75-54(74)65(29-12-16-37-14-6-4-7-15-37)32-43-62-49(39-22-25-44-57-34-58-67(44)31-39)50(63-43)41-17-10-13-36(3)59-41/h4,6-7,10,13-15,17,20-27,31,34-35,42,48H,5,8-9,11-12,16,18-19,28-30,32-33H2,1-3H3,(H,60,71)(H,61,72)(H,62,63)(H,64,68)(H3,55,56,73)/t42-,48?/m0/s1. The molecule has 0 spiro atoms. The topological polar surface area (TPSA) is 281 Å². The van der Waals surface area contributed by atoms with E-state index < -0.39 is 36.0 Å². The summed E-state index contributed by atoms with van der Waals surface area (Å²) in [6, 6.07) is 23.5. The van der Waals surface area contributed by atoms with Crippen LogP contribution in [-0.2, 0) is 48.3 Å². The number of imidazole rings is 1. The Kier molecular flexibility index (Phi) is 18.9. The van der Waals surface area contributed by atoms with Gasteiger partial charge in [-0.3, -0.25) is 33.9 Å². The number of aromatic amines is 1. The number of hydrogen-bond donors (Lipinski definition) is 6. The van der Waals surface area contributed by atoms with Gasteiger partial charge in [0.15, 0.2) is 5.65 Å². The van der Waals surface area contributed by atoms with Crippen molar-refractivity contribution < 1.29 is 38.3 Å². The largest absolute Gasteiger partial charge is 0.445 e. The van der Waals surface area contributed by atoms with E-state index in [1.165, 1.54) is 18.5 Å². The zero-order valence-electron chi connectivity index (χ0n) is 42.3. The quantitative estimate of drug-likeness (QED) is 0.0280. The average Bonchev–Trinajstić information content (AvgIpc) is 4.14. The van der Waals surface area contributed by atoms with Gasteiger partial charge in [0.05, 0.1) is 17.9 Å². The molecule has 392 valence electrons. The van der Waals surface area contributed by atoms with E-state index in [2.05, 4.69) is 36.3 Å². The highest BCUT2D eigenvalue weighted by molar-refractivity contribution is 6.12. The SMILES string of the molecule is Cc1cccc(-c2nc(CN(CCCc3ccccc3)C(=O)OCc3ccc(NC(=O)[C@H](CCCNC(N)=O)NC(=O)C(NC(=O)CCCCCN4C(=O)C=CC4=O)C(C)C)cc3)[nH]c2-c2ccc3ncnn3c2)n1. The number of urea groups is 1. The number of anilines is 1. The van der Waals surface area contributed by atoms with Crippen molar-refractivity contribution in [2.24, 2.45) is 11.7 Å². The van der Waals surface area contributed by atoms with E-state index in [1.54, 1.807) is 47.5 Å². The molecule has 2 aromatic carbocycles. The van der Waals surface area contributed by atoms with Crippen LogP contribution in [0.15, 0.2) is 110 Å². The number of nitrogens with one attached hydrogen (secondary N) is 5. The number of aromatic nitrogens is 6. The third-order valence-corrected chi connectivity index (χ3v) is 12.4. The van der Waals surface area contributed by atoms with Gasteiger partial charge in [-0.05, 0) is 98.9 Å². The summed E-state index contributed by atoms with van der Waals surface area (Å²) in [5.41, 5.74) is 11.7. The smallest absolute Gasteiger partial charge is 0.410 e. The van der Waals surface area contributed by atoms with Gasteiger partial charge in [-0.25, -0.2) is 24.1 Å². The maximum absolute atomic E-state index is 14.0. The predicted molar refractivity (Wildman–Crippen MR) is 279 cm³/mol. The molecule has 5 heterocycles. The van der Waals surface area contributed by atoms with Crippen LogP contribution in [0.4, 0.5) is 15.3 Å². The van der Waals surface area contributed by atoms with Gasteiger partial charge in [0.1, 0.15) is 36.5 Å². The van der Waals surface area contributed by atoms with Crippen molar-refractivity contribution in [2.45, 2.75) is 97.4 Å². The minimum atomic E-state index is -1.06. The fourth-order valence-electron chi connectivity index (χ4n) is 8.43. The Morgan fingerprint density at radius 2 is 1.59 bits per heavy atom. The van der Waals surface area contributed by atoms with Crippen LogP contribution < -0.4 is 27.0 Å². The van der Waals surface area contributed by atoms with Gasteiger partial charge in [-0.15, -0.1) is 0 Å². The molecule has 75 heavy (non-hydrogen) atoms. The van der Waals surface area contributed by atoms with E-state index in [1.807, 2.05) is 73.8 Å². The maximum atomic E-state index is 14.0. The number of hydrogen-bond acceptors (Lipinski definition) is 12. The first kappa shape index (κ1) is 54.0. The molecule has 1 unspecified atom stereocenters. The number of ether oxygens (including phenoxy) is 1. The monoisotopic (exact) mass is 1020 g/mol. The number of unbranched alkanes of at least 4 members (excludes halogenated alkanes) is 2. The second kappa shape index (κ2) is 26.3. The molecule has 4 aromatic heterocycles. The summed E-state index contributed by atoms with van der Waals surface area (Å²) in [4.78, 5) is 110. The van der Waals surface area contributed by atoms with E-state index in [0.29, 0.717) is 78.5 Å². The molecule has 7 rings (SSSR count). The van der Waals surface area contributed by atoms with Gasteiger partial charge in [0, 0.05) is 61.3 Å². The molecule has 0 bridgehead atoms. The van der Waals surface area contributed by atoms with Crippen LogP contribution >= 0.6 is 0 Å². The average molecular weight is 1020 g/mol. The van der Waals surface area contributed by atoms with E-state index in [0.717, 1.165) is 28.1 Å². The number of H-pyrrole nitrogens is 1. The van der Waals surface area contributed by atoms with Crippen molar-refractivity contribution in [3.05, 3.63) is 132 Å². The van der Waals surface area contributed by atoms with Crippen molar-refractivity contribution in [1.29, 1.82) is 0 Å². The molecule has 2 atom stereocenters. The Morgan fingerprint density at radius 1 is 0.813 bits per heavy atom. The number of carbonyl (C=O) groups is 7. The van der Waals surface area contributed by atoms with Gasteiger partial charge in [0.25, 0.3) is 11.8 Å². The molecule has 6 aromatic rings. The lowest BCUT2D eigenvalue weighted by atomic mass is 10.0. The van der Waals surface area contributed by atoms with Crippen molar-refractivity contribution >= 4 is 53.0 Å². The number of primary amides is 1. The number of rotatable bonds is 26. The number of nitrogens with zero attached hydrogens (tertiary/aromatic N) is 7. The molecular weight excluding hydrogens is 959 g/mol. The second-order valence-electron chi connectivity index (χ2n) is 18.6. The van der Waals surface area contributed by atoms with E-state index in [9.17, 15) is 33.6 Å². The number of benzene rings is 2. The Morgan fingerprint density at radius 3 is 2.32 bits per heavy atom. The van der Waals surface area contributed by atoms with Crippen LogP contribution in [0.1, 0.15) is 81.4 Å². The number of nitrogens with two attached hydrogens (primary N) is 1. The molecule has 0 radical (unpaired) electrons. The fraction of sp³-hybridized carbons (Fsp3) is 0.352. The van der Waals surface area contributed by atoms with Gasteiger partial charge in [-0.1, -0.05) is 68.8 Å². The number of aryl methyl sites for hydroxylation is 2. The van der Waals surface area contributed by atoms with Crippen LogP contribution in [0.25, 0.3) is 28.3 Å². The first-order valence-electron chi connectivity index (χ1n) is 25.1. The van der Waals surface area contributed by atoms with Gasteiger partial charge >= 0.3 is 12.1 Å². The zero-order chi connectivity index (χ0) is 53.3. The number of amides is 8. The number of imide groups is 1.